The molecule has 14 heavy (non-hydrogen) atoms. The van der Waals surface area contributed by atoms with E-state index >= 15 is 0 Å². The summed E-state index contributed by atoms with van der Waals surface area (Å²) in [5, 5.41) is 17.4. The highest BCUT2D eigenvalue weighted by molar-refractivity contribution is 5.72. The van der Waals surface area contributed by atoms with Crippen LogP contribution >= 0.6 is 0 Å². The predicted molar refractivity (Wildman–Crippen MR) is 48.0 cm³/mol. The average Bonchev–Trinajstić information content (AvgIpc) is 2.19. The van der Waals surface area contributed by atoms with Crippen LogP contribution in [0.25, 0.3) is 0 Å². The number of carboxylic acids is 1. The van der Waals surface area contributed by atoms with Gasteiger partial charge in [0.05, 0.1) is 19.8 Å². The summed E-state index contributed by atoms with van der Waals surface area (Å²) in [6, 6.07) is 0. The molecule has 0 aliphatic carbocycles. The molecule has 2 atom stereocenters. The van der Waals surface area contributed by atoms with Crippen molar-refractivity contribution in [3.8, 4) is 0 Å². The van der Waals surface area contributed by atoms with Gasteiger partial charge in [0.2, 0.25) is 0 Å². The maximum absolute atomic E-state index is 10.8. The first-order valence-electron chi connectivity index (χ1n) is 4.78. The number of carbonyl (C=O) groups is 1. The number of ether oxygens (including phenoxy) is 2. The Morgan fingerprint density at radius 3 is 2.93 bits per heavy atom. The lowest BCUT2D eigenvalue weighted by atomic mass is 9.96. The SMILES string of the molecule is O=C(O)C(OCCO)C1CCCOC1. The zero-order chi connectivity index (χ0) is 10.4. The fraction of sp³-hybridized carbons (Fsp3) is 0.889. The van der Waals surface area contributed by atoms with Crippen LogP contribution in [0.3, 0.4) is 0 Å². The lowest BCUT2D eigenvalue weighted by molar-refractivity contribution is -0.159. The predicted octanol–water partition coefficient (Wildman–Crippen LogP) is -0.125. The topological polar surface area (TPSA) is 76.0 Å². The third-order valence-corrected chi connectivity index (χ3v) is 2.26. The van der Waals surface area contributed by atoms with Crippen LogP contribution in [0.2, 0.25) is 0 Å². The van der Waals surface area contributed by atoms with Gasteiger partial charge in [-0.15, -0.1) is 0 Å². The summed E-state index contributed by atoms with van der Waals surface area (Å²) in [7, 11) is 0. The van der Waals surface area contributed by atoms with Crippen LogP contribution in [-0.2, 0) is 14.3 Å². The molecule has 0 radical (unpaired) electrons. The number of carboxylic acid groups (broad SMARTS) is 1. The first-order chi connectivity index (χ1) is 6.75. The van der Waals surface area contributed by atoms with E-state index in [1.165, 1.54) is 0 Å². The Hall–Kier alpha value is -0.650. The second kappa shape index (κ2) is 5.95. The number of rotatable bonds is 5. The molecule has 1 aliphatic rings. The van der Waals surface area contributed by atoms with Crippen LogP contribution in [0.4, 0.5) is 0 Å². The Morgan fingerprint density at radius 2 is 2.43 bits per heavy atom. The van der Waals surface area contributed by atoms with E-state index in [0.29, 0.717) is 13.2 Å². The van der Waals surface area contributed by atoms with E-state index in [9.17, 15) is 4.79 Å². The van der Waals surface area contributed by atoms with Gasteiger partial charge in [-0.05, 0) is 12.8 Å². The molecule has 0 amide bonds. The Kier molecular flexibility index (Phi) is 4.86. The average molecular weight is 204 g/mol. The van der Waals surface area contributed by atoms with Gasteiger partial charge in [0, 0.05) is 12.5 Å². The number of hydrogen-bond acceptors (Lipinski definition) is 4. The molecule has 2 N–H and O–H groups in total. The standard InChI is InChI=1S/C9H16O5/c10-3-5-14-8(9(11)12)7-2-1-4-13-6-7/h7-8,10H,1-6H2,(H,11,12). The van der Waals surface area contributed by atoms with Gasteiger partial charge in [-0.2, -0.15) is 0 Å². The molecular formula is C9H16O5. The molecule has 0 spiro atoms. The van der Waals surface area contributed by atoms with E-state index < -0.39 is 12.1 Å². The maximum atomic E-state index is 10.8. The Morgan fingerprint density at radius 1 is 1.64 bits per heavy atom. The van der Waals surface area contributed by atoms with Crippen molar-refractivity contribution in [2.75, 3.05) is 26.4 Å². The van der Waals surface area contributed by atoms with Crippen molar-refractivity contribution in [1.29, 1.82) is 0 Å². The van der Waals surface area contributed by atoms with E-state index in [4.69, 9.17) is 19.7 Å². The number of aliphatic hydroxyl groups excluding tert-OH is 1. The van der Waals surface area contributed by atoms with Gasteiger partial charge in [-0.25, -0.2) is 4.79 Å². The van der Waals surface area contributed by atoms with Gasteiger partial charge in [0.15, 0.2) is 6.10 Å². The van der Waals surface area contributed by atoms with Crippen LogP contribution in [0.1, 0.15) is 12.8 Å². The van der Waals surface area contributed by atoms with Gasteiger partial charge in [0.25, 0.3) is 0 Å². The highest BCUT2D eigenvalue weighted by Crippen LogP contribution is 2.19. The molecule has 2 unspecified atom stereocenters. The lowest BCUT2D eigenvalue weighted by Crippen LogP contribution is -2.37. The monoisotopic (exact) mass is 204 g/mol. The molecule has 0 aromatic carbocycles. The lowest BCUT2D eigenvalue weighted by Gasteiger charge is -2.27. The zero-order valence-corrected chi connectivity index (χ0v) is 8.02. The zero-order valence-electron chi connectivity index (χ0n) is 8.02. The Balaban J connectivity index is 2.43. The highest BCUT2D eigenvalue weighted by Gasteiger charge is 2.30. The van der Waals surface area contributed by atoms with Crippen molar-refractivity contribution in [2.45, 2.75) is 18.9 Å². The Labute approximate surface area is 82.6 Å². The van der Waals surface area contributed by atoms with Gasteiger partial charge >= 0.3 is 5.97 Å². The van der Waals surface area contributed by atoms with Crippen molar-refractivity contribution in [1.82, 2.24) is 0 Å². The largest absolute Gasteiger partial charge is 0.479 e. The smallest absolute Gasteiger partial charge is 0.333 e. The summed E-state index contributed by atoms with van der Waals surface area (Å²) < 4.78 is 10.2. The van der Waals surface area contributed by atoms with E-state index in [1.807, 2.05) is 0 Å². The summed E-state index contributed by atoms with van der Waals surface area (Å²) in [5.74, 6) is -1.07. The van der Waals surface area contributed by atoms with Gasteiger partial charge in [-0.3, -0.25) is 0 Å². The second-order valence-electron chi connectivity index (χ2n) is 3.33. The molecule has 1 rings (SSSR count). The first kappa shape index (κ1) is 11.4. The van der Waals surface area contributed by atoms with Crippen molar-refractivity contribution < 1.29 is 24.5 Å². The third kappa shape index (κ3) is 3.25. The van der Waals surface area contributed by atoms with Crippen LogP contribution in [-0.4, -0.2) is 48.7 Å². The van der Waals surface area contributed by atoms with E-state index in [0.717, 1.165) is 12.8 Å². The van der Waals surface area contributed by atoms with Crippen LogP contribution < -0.4 is 0 Å². The van der Waals surface area contributed by atoms with Crippen LogP contribution in [0.5, 0.6) is 0 Å². The normalized spacial score (nSPS) is 24.5. The summed E-state index contributed by atoms with van der Waals surface area (Å²) in [4.78, 5) is 10.8. The number of hydrogen-bond donors (Lipinski definition) is 2. The fourth-order valence-electron chi connectivity index (χ4n) is 1.59. The van der Waals surface area contributed by atoms with Gasteiger partial charge < -0.3 is 19.7 Å². The molecule has 82 valence electrons. The van der Waals surface area contributed by atoms with E-state index in [1.54, 1.807) is 0 Å². The summed E-state index contributed by atoms with van der Waals surface area (Å²) in [6.45, 7) is 1.04. The molecule has 0 aromatic heterocycles. The molecule has 5 heteroatoms. The molecular weight excluding hydrogens is 188 g/mol. The van der Waals surface area contributed by atoms with E-state index in [-0.39, 0.29) is 19.1 Å². The minimum absolute atomic E-state index is 0.0630. The molecule has 0 aromatic rings. The Bertz CT molecular complexity index is 176. The van der Waals surface area contributed by atoms with Gasteiger partial charge in [0.1, 0.15) is 0 Å². The minimum Gasteiger partial charge on any atom is -0.479 e. The van der Waals surface area contributed by atoms with Gasteiger partial charge in [-0.1, -0.05) is 0 Å². The summed E-state index contributed by atoms with van der Waals surface area (Å²) >= 11 is 0. The minimum atomic E-state index is -0.978. The molecule has 1 heterocycles. The highest BCUT2D eigenvalue weighted by atomic mass is 16.5. The maximum Gasteiger partial charge on any atom is 0.333 e. The molecule has 0 bridgehead atoms. The first-order valence-corrected chi connectivity index (χ1v) is 4.78. The molecule has 1 fully saturated rings. The fourth-order valence-corrected chi connectivity index (χ4v) is 1.59. The molecule has 1 saturated heterocycles. The number of aliphatic carboxylic acids is 1. The molecule has 5 nitrogen and oxygen atoms in total. The van der Waals surface area contributed by atoms with Crippen molar-refractivity contribution >= 4 is 5.97 Å². The molecule has 0 saturated carbocycles. The van der Waals surface area contributed by atoms with Crippen molar-refractivity contribution in [2.24, 2.45) is 5.92 Å². The quantitative estimate of drug-likeness (QED) is 0.652. The summed E-state index contributed by atoms with van der Waals surface area (Å²) in [5.41, 5.74) is 0. The van der Waals surface area contributed by atoms with Crippen molar-refractivity contribution in [3.63, 3.8) is 0 Å². The number of aliphatic hydroxyl groups is 1. The summed E-state index contributed by atoms with van der Waals surface area (Å²) in [6.07, 6.45) is 0.835. The van der Waals surface area contributed by atoms with Crippen LogP contribution in [0.15, 0.2) is 0 Å². The van der Waals surface area contributed by atoms with Crippen molar-refractivity contribution in [3.05, 3.63) is 0 Å². The second-order valence-corrected chi connectivity index (χ2v) is 3.33. The van der Waals surface area contributed by atoms with E-state index in [2.05, 4.69) is 0 Å². The van der Waals surface area contributed by atoms with Crippen LogP contribution in [0, 0.1) is 5.92 Å². The molecule has 1 aliphatic heterocycles. The third-order valence-electron chi connectivity index (χ3n) is 2.26.